The predicted octanol–water partition coefficient (Wildman–Crippen LogP) is 4.86. The summed E-state index contributed by atoms with van der Waals surface area (Å²) in [5.41, 5.74) is 9.79. The molecule has 0 amide bonds. The Morgan fingerprint density at radius 3 is 2.55 bits per heavy atom. The van der Waals surface area contributed by atoms with Crippen LogP contribution in [0.3, 0.4) is 0 Å². The Bertz CT molecular complexity index is 529. The standard InChI is InChI=1S/C17H22N2S/c1-13(18-19-16-8-6-5-7-9-16)10-11-15-12-14(2)20-17(15,3)4/h5-9,12,18-19H,1-2,10-11H2,3-4H3. The summed E-state index contributed by atoms with van der Waals surface area (Å²) in [6.07, 6.45) is 4.15. The van der Waals surface area contributed by atoms with Crippen LogP contribution in [0.5, 0.6) is 0 Å². The van der Waals surface area contributed by atoms with Crippen molar-refractivity contribution in [2.45, 2.75) is 31.4 Å². The van der Waals surface area contributed by atoms with Crippen LogP contribution in [0.25, 0.3) is 0 Å². The first-order valence-electron chi connectivity index (χ1n) is 6.81. The second kappa shape index (κ2) is 6.23. The van der Waals surface area contributed by atoms with Crippen molar-refractivity contribution in [2.24, 2.45) is 0 Å². The molecule has 106 valence electrons. The Morgan fingerprint density at radius 2 is 1.95 bits per heavy atom. The van der Waals surface area contributed by atoms with Gasteiger partial charge in [-0.1, -0.05) is 36.9 Å². The summed E-state index contributed by atoms with van der Waals surface area (Å²) in [6, 6.07) is 10.0. The molecule has 0 fully saturated rings. The van der Waals surface area contributed by atoms with Crippen molar-refractivity contribution in [3.8, 4) is 0 Å². The molecule has 0 aliphatic carbocycles. The second-order valence-corrected chi connectivity index (χ2v) is 7.22. The number of allylic oxidation sites excluding steroid dienone is 2. The van der Waals surface area contributed by atoms with E-state index in [1.165, 1.54) is 5.57 Å². The van der Waals surface area contributed by atoms with Crippen LogP contribution in [0.1, 0.15) is 26.7 Å². The third kappa shape index (κ3) is 3.94. The van der Waals surface area contributed by atoms with Crippen molar-refractivity contribution < 1.29 is 0 Å². The predicted molar refractivity (Wildman–Crippen MR) is 90.5 cm³/mol. The van der Waals surface area contributed by atoms with Crippen LogP contribution in [0.2, 0.25) is 0 Å². The average molecular weight is 286 g/mol. The van der Waals surface area contributed by atoms with E-state index >= 15 is 0 Å². The van der Waals surface area contributed by atoms with E-state index in [4.69, 9.17) is 0 Å². The molecule has 0 saturated heterocycles. The van der Waals surface area contributed by atoms with Gasteiger partial charge in [-0.2, -0.15) is 0 Å². The number of hydrazine groups is 1. The molecule has 1 aliphatic heterocycles. The lowest BCUT2D eigenvalue weighted by molar-refractivity contribution is 0.742. The molecular formula is C17H22N2S. The maximum absolute atomic E-state index is 4.07. The first-order chi connectivity index (χ1) is 9.47. The SMILES string of the molecule is C=C(CCC1=CC(=C)SC1(C)C)NNc1ccccc1. The number of hydrogen-bond acceptors (Lipinski definition) is 3. The van der Waals surface area contributed by atoms with Crippen LogP contribution in [-0.4, -0.2) is 4.75 Å². The molecule has 1 aliphatic rings. The van der Waals surface area contributed by atoms with Gasteiger partial charge in [0.25, 0.3) is 0 Å². The molecule has 0 radical (unpaired) electrons. The van der Waals surface area contributed by atoms with Crippen molar-refractivity contribution >= 4 is 17.4 Å². The third-order valence-electron chi connectivity index (χ3n) is 3.35. The van der Waals surface area contributed by atoms with Gasteiger partial charge in [0.2, 0.25) is 0 Å². The Balaban J connectivity index is 1.79. The highest BCUT2D eigenvalue weighted by atomic mass is 32.2. The van der Waals surface area contributed by atoms with Crippen LogP contribution < -0.4 is 10.9 Å². The summed E-state index contributed by atoms with van der Waals surface area (Å²) >= 11 is 1.84. The summed E-state index contributed by atoms with van der Waals surface area (Å²) in [4.78, 5) is 1.16. The van der Waals surface area contributed by atoms with Crippen molar-refractivity contribution in [3.05, 3.63) is 65.7 Å². The Hall–Kier alpha value is -1.61. The molecule has 0 atom stereocenters. The quantitative estimate of drug-likeness (QED) is 0.730. The van der Waals surface area contributed by atoms with E-state index in [-0.39, 0.29) is 4.75 Å². The number of nitrogens with one attached hydrogen (secondary N) is 2. The first kappa shape index (κ1) is 14.8. The second-order valence-electron chi connectivity index (χ2n) is 5.47. The minimum atomic E-state index is 0.171. The summed E-state index contributed by atoms with van der Waals surface area (Å²) in [6.45, 7) is 12.6. The van der Waals surface area contributed by atoms with E-state index in [1.54, 1.807) is 0 Å². The van der Waals surface area contributed by atoms with Crippen molar-refractivity contribution in [1.29, 1.82) is 0 Å². The zero-order chi connectivity index (χ0) is 14.6. The number of anilines is 1. The van der Waals surface area contributed by atoms with Crippen molar-refractivity contribution in [1.82, 2.24) is 5.43 Å². The Kier molecular flexibility index (Phi) is 4.61. The topological polar surface area (TPSA) is 24.1 Å². The van der Waals surface area contributed by atoms with E-state index in [9.17, 15) is 0 Å². The lowest BCUT2D eigenvalue weighted by Crippen LogP contribution is -2.21. The van der Waals surface area contributed by atoms with Gasteiger partial charge in [-0.25, -0.2) is 0 Å². The molecule has 0 spiro atoms. The maximum Gasteiger partial charge on any atom is 0.0539 e. The van der Waals surface area contributed by atoms with E-state index < -0.39 is 0 Å². The Labute approximate surface area is 126 Å². The number of para-hydroxylation sites is 1. The normalized spacial score (nSPS) is 16.7. The smallest absolute Gasteiger partial charge is 0.0539 e. The van der Waals surface area contributed by atoms with Gasteiger partial charge in [0.05, 0.1) is 5.69 Å². The van der Waals surface area contributed by atoms with Crippen LogP contribution in [-0.2, 0) is 0 Å². The van der Waals surface area contributed by atoms with E-state index in [1.807, 2.05) is 42.1 Å². The zero-order valence-corrected chi connectivity index (χ0v) is 13.0. The first-order valence-corrected chi connectivity index (χ1v) is 7.63. The number of hydrogen-bond donors (Lipinski definition) is 2. The van der Waals surface area contributed by atoms with E-state index in [0.717, 1.165) is 29.1 Å². The molecule has 0 saturated carbocycles. The summed E-state index contributed by atoms with van der Waals surface area (Å²) in [7, 11) is 0. The molecule has 1 aromatic rings. The molecule has 3 heteroatoms. The molecule has 1 aromatic carbocycles. The fourth-order valence-corrected chi connectivity index (χ4v) is 3.34. The molecule has 1 heterocycles. The van der Waals surface area contributed by atoms with Crippen LogP contribution in [0.15, 0.2) is 65.7 Å². The monoisotopic (exact) mass is 286 g/mol. The summed E-state index contributed by atoms with van der Waals surface area (Å²) < 4.78 is 0.171. The zero-order valence-electron chi connectivity index (χ0n) is 12.2. The van der Waals surface area contributed by atoms with Crippen molar-refractivity contribution in [3.63, 3.8) is 0 Å². The van der Waals surface area contributed by atoms with E-state index in [2.05, 4.69) is 43.9 Å². The molecule has 2 N–H and O–H groups in total. The van der Waals surface area contributed by atoms with Gasteiger partial charge >= 0.3 is 0 Å². The van der Waals surface area contributed by atoms with Gasteiger partial charge in [-0.05, 0) is 44.9 Å². The van der Waals surface area contributed by atoms with Gasteiger partial charge in [0, 0.05) is 15.3 Å². The molecule has 0 aromatic heterocycles. The molecule has 2 rings (SSSR count). The molecular weight excluding hydrogens is 264 g/mol. The third-order valence-corrected chi connectivity index (χ3v) is 4.50. The van der Waals surface area contributed by atoms with Crippen LogP contribution >= 0.6 is 11.8 Å². The van der Waals surface area contributed by atoms with Gasteiger partial charge in [-0.3, -0.25) is 0 Å². The minimum Gasteiger partial charge on any atom is -0.306 e. The average Bonchev–Trinajstić information content (AvgIpc) is 2.67. The molecule has 0 bridgehead atoms. The number of thioether (sulfide) groups is 1. The number of benzene rings is 1. The molecule has 0 unspecified atom stereocenters. The lowest BCUT2D eigenvalue weighted by Gasteiger charge is -2.22. The molecule has 2 nitrogen and oxygen atoms in total. The molecule has 20 heavy (non-hydrogen) atoms. The van der Waals surface area contributed by atoms with Gasteiger partial charge in [0.15, 0.2) is 0 Å². The highest BCUT2D eigenvalue weighted by Gasteiger charge is 2.29. The van der Waals surface area contributed by atoms with Gasteiger partial charge in [-0.15, -0.1) is 11.8 Å². The Morgan fingerprint density at radius 1 is 1.25 bits per heavy atom. The highest BCUT2D eigenvalue weighted by Crippen LogP contribution is 2.46. The lowest BCUT2D eigenvalue weighted by atomic mass is 9.97. The summed E-state index contributed by atoms with van der Waals surface area (Å²) in [5.74, 6) is 0. The fraction of sp³-hybridized carbons (Fsp3) is 0.294. The van der Waals surface area contributed by atoms with Crippen molar-refractivity contribution in [2.75, 3.05) is 5.43 Å². The number of rotatable bonds is 6. The minimum absolute atomic E-state index is 0.171. The van der Waals surface area contributed by atoms with E-state index in [0.29, 0.717) is 0 Å². The van der Waals surface area contributed by atoms with Gasteiger partial charge in [0.1, 0.15) is 0 Å². The fourth-order valence-electron chi connectivity index (χ4n) is 2.19. The van der Waals surface area contributed by atoms with Crippen LogP contribution in [0, 0.1) is 0 Å². The van der Waals surface area contributed by atoms with Gasteiger partial charge < -0.3 is 10.9 Å². The summed E-state index contributed by atoms with van der Waals surface area (Å²) in [5, 5.41) is 0. The largest absolute Gasteiger partial charge is 0.306 e. The highest BCUT2D eigenvalue weighted by molar-refractivity contribution is 8.05. The maximum atomic E-state index is 4.07. The van der Waals surface area contributed by atoms with Crippen LogP contribution in [0.4, 0.5) is 5.69 Å².